The van der Waals surface area contributed by atoms with Crippen molar-refractivity contribution < 1.29 is 64.5 Å². The van der Waals surface area contributed by atoms with E-state index in [1.165, 1.54) is 30.3 Å². The molecule has 0 bridgehead atoms. The predicted molar refractivity (Wildman–Crippen MR) is 270 cm³/mol. The van der Waals surface area contributed by atoms with E-state index >= 15 is 4.39 Å². The van der Waals surface area contributed by atoms with Gasteiger partial charge in [-0.1, -0.05) is 113 Å². The largest absolute Gasteiger partial charge is 0.505 e. The molecule has 0 fully saturated rings. The summed E-state index contributed by atoms with van der Waals surface area (Å²) in [6.45, 7) is 0.403. The number of nitrogens with one attached hydrogen (secondary N) is 4. The molecule has 0 aliphatic carbocycles. The van der Waals surface area contributed by atoms with Crippen LogP contribution in [0.2, 0.25) is 10.0 Å². The number of hydrogen-bond acceptors (Lipinski definition) is 10. The van der Waals surface area contributed by atoms with Crippen molar-refractivity contribution >= 4 is 79.5 Å². The van der Waals surface area contributed by atoms with Crippen molar-refractivity contribution in [2.75, 3.05) is 10.6 Å². The van der Waals surface area contributed by atoms with Crippen molar-refractivity contribution in [2.45, 2.75) is 38.8 Å². The van der Waals surface area contributed by atoms with Crippen LogP contribution in [0.5, 0.6) is 11.5 Å². The standard InChI is InChI=1S/C52H34Cl2F8N6O6S2/c1-24-8-2-4-10-31(24)47-65-39(49(75-47)68-44(72)30-19-35(53)42(70)36(54)20-30)45(73)64-23-27-15-14-25(17-34(27)52(60,61)62)16-28-18-29(21-38(56)41(28)69)43(71)67-50-40(66-48(76-50)32-11-5-7-13-37(32)55)46(74)63-22-26-9-3-6-12-33(26)51(57,58)59/h2-15,17-21,69-70H,16,22-23H2,1H3,(H,63,74)(H,64,73)(H,67,71)(H,68,72). The number of carbonyl (C=O) groups excluding carboxylic acids is 4. The second-order valence-electron chi connectivity index (χ2n) is 16.5. The number of benzene rings is 6. The van der Waals surface area contributed by atoms with Crippen molar-refractivity contribution in [3.63, 3.8) is 0 Å². The minimum absolute atomic E-state index is 0.0921. The van der Waals surface area contributed by atoms with E-state index in [9.17, 15) is 60.1 Å². The molecule has 6 aromatic carbocycles. The Labute approximate surface area is 443 Å². The number of aromatic nitrogens is 2. The summed E-state index contributed by atoms with van der Waals surface area (Å²) >= 11 is 13.5. The van der Waals surface area contributed by atoms with Crippen LogP contribution in [0.1, 0.15) is 80.6 Å². The number of anilines is 2. The van der Waals surface area contributed by atoms with Crippen LogP contribution in [-0.4, -0.2) is 43.8 Å². The maximum Gasteiger partial charge on any atom is 0.416 e. The molecule has 0 aliphatic rings. The van der Waals surface area contributed by atoms with Crippen molar-refractivity contribution in [3.05, 3.63) is 198 Å². The van der Waals surface area contributed by atoms with Crippen molar-refractivity contribution in [1.82, 2.24) is 20.6 Å². The molecule has 2 aromatic heterocycles. The number of rotatable bonds is 14. The summed E-state index contributed by atoms with van der Waals surface area (Å²) in [4.78, 5) is 63.1. The van der Waals surface area contributed by atoms with Gasteiger partial charge in [-0.2, -0.15) is 26.3 Å². The van der Waals surface area contributed by atoms with Gasteiger partial charge in [0.25, 0.3) is 23.6 Å². The van der Waals surface area contributed by atoms with Crippen LogP contribution >= 0.6 is 45.9 Å². The molecule has 24 heteroatoms. The van der Waals surface area contributed by atoms with Gasteiger partial charge in [0, 0.05) is 47.3 Å². The van der Waals surface area contributed by atoms with Crippen LogP contribution in [0, 0.1) is 18.6 Å². The maximum absolute atomic E-state index is 15.4. The number of nitrogens with zero attached hydrogens (tertiary/aromatic N) is 2. The smallest absolute Gasteiger partial charge is 0.416 e. The van der Waals surface area contributed by atoms with Crippen molar-refractivity contribution in [1.29, 1.82) is 0 Å². The van der Waals surface area contributed by atoms with Gasteiger partial charge in [-0.05, 0) is 77.7 Å². The Morgan fingerprint density at radius 1 is 0.553 bits per heavy atom. The second-order valence-corrected chi connectivity index (χ2v) is 19.3. The van der Waals surface area contributed by atoms with Crippen LogP contribution in [0.25, 0.3) is 21.1 Å². The van der Waals surface area contributed by atoms with E-state index < -0.39 is 107 Å². The monoisotopic (exact) mass is 1120 g/mol. The Bertz CT molecular complexity index is 3580. The number of hydrogen-bond donors (Lipinski definition) is 6. The van der Waals surface area contributed by atoms with Crippen molar-refractivity contribution in [3.8, 4) is 32.6 Å². The average Bonchev–Trinajstić information content (AvgIpc) is 3.99. The van der Waals surface area contributed by atoms with E-state index in [-0.39, 0.29) is 63.6 Å². The summed E-state index contributed by atoms with van der Waals surface area (Å²) in [5.41, 5.74) is -3.81. The zero-order valence-electron chi connectivity index (χ0n) is 38.6. The first kappa shape index (κ1) is 54.3. The highest BCUT2D eigenvalue weighted by Crippen LogP contribution is 2.39. The Morgan fingerprint density at radius 2 is 1.05 bits per heavy atom. The van der Waals surface area contributed by atoms with Gasteiger partial charge in [0.1, 0.15) is 25.8 Å². The molecule has 0 unspecified atom stereocenters. The first-order chi connectivity index (χ1) is 36.0. The number of halogens is 10. The van der Waals surface area contributed by atoms with E-state index in [1.807, 2.05) is 0 Å². The van der Waals surface area contributed by atoms with Gasteiger partial charge >= 0.3 is 12.4 Å². The lowest BCUT2D eigenvalue weighted by atomic mass is 9.97. The molecule has 0 saturated heterocycles. The number of phenols is 2. The maximum atomic E-state index is 15.4. The third-order valence-corrected chi connectivity index (χ3v) is 14.0. The molecule has 0 radical (unpaired) electrons. The Hall–Kier alpha value is -7.92. The highest BCUT2D eigenvalue weighted by atomic mass is 35.5. The number of phenolic OH excluding ortho intramolecular Hbond substituents is 2. The Morgan fingerprint density at radius 3 is 1.62 bits per heavy atom. The van der Waals surface area contributed by atoms with Gasteiger partial charge < -0.3 is 31.5 Å². The fourth-order valence-electron chi connectivity index (χ4n) is 7.61. The van der Waals surface area contributed by atoms with Crippen molar-refractivity contribution in [2.24, 2.45) is 0 Å². The first-order valence-electron chi connectivity index (χ1n) is 22.0. The quantitative estimate of drug-likeness (QED) is 0.0582. The first-order valence-corrected chi connectivity index (χ1v) is 24.4. The number of aryl methyl sites for hydroxylation is 1. The van der Waals surface area contributed by atoms with Gasteiger partial charge in [0.2, 0.25) is 0 Å². The fourth-order valence-corrected chi connectivity index (χ4v) is 10.1. The average molecular weight is 1130 g/mol. The Kier molecular flexibility index (Phi) is 15.8. The lowest BCUT2D eigenvalue weighted by Gasteiger charge is -2.16. The molecular formula is C52H34Cl2F8N6O6S2. The number of thiazole rings is 2. The highest BCUT2D eigenvalue weighted by Gasteiger charge is 2.35. The second kappa shape index (κ2) is 22.1. The summed E-state index contributed by atoms with van der Waals surface area (Å²) in [5, 5.41) is 29.6. The zero-order chi connectivity index (χ0) is 54.8. The molecule has 0 atom stereocenters. The van der Waals surface area contributed by atoms with Crippen LogP contribution in [0.3, 0.4) is 0 Å². The van der Waals surface area contributed by atoms with E-state index in [1.54, 1.807) is 31.2 Å². The molecule has 76 heavy (non-hydrogen) atoms. The number of alkyl halides is 6. The van der Waals surface area contributed by atoms with Crippen LogP contribution in [-0.2, 0) is 31.9 Å². The molecule has 2 heterocycles. The third kappa shape index (κ3) is 12.1. The molecule has 8 aromatic rings. The highest BCUT2D eigenvalue weighted by molar-refractivity contribution is 7.20. The summed E-state index contributed by atoms with van der Waals surface area (Å²) in [6, 6.07) is 23.4. The summed E-state index contributed by atoms with van der Waals surface area (Å²) in [5.74, 6) is -7.65. The molecule has 6 N–H and O–H groups in total. The van der Waals surface area contributed by atoms with Crippen LogP contribution < -0.4 is 21.3 Å². The molecule has 12 nitrogen and oxygen atoms in total. The summed E-state index contributed by atoms with van der Waals surface area (Å²) < 4.78 is 116. The van der Waals surface area contributed by atoms with E-state index in [0.29, 0.717) is 29.0 Å². The SMILES string of the molecule is Cc1ccccc1-c1nc(C(=O)NCc2ccc(Cc3cc(C(=O)Nc4sc(-c5ccccc5F)nc4C(=O)NCc4ccccc4C(F)(F)F)cc(F)c3O)cc2C(F)(F)F)c(NC(=O)c2cc(Cl)c(O)c(Cl)c2)s1. The number of carbonyl (C=O) groups is 4. The van der Waals surface area contributed by atoms with Gasteiger partial charge in [-0.3, -0.25) is 19.2 Å². The lowest BCUT2D eigenvalue weighted by Crippen LogP contribution is -2.26. The molecule has 390 valence electrons. The van der Waals surface area contributed by atoms with E-state index in [2.05, 4.69) is 31.2 Å². The predicted octanol–water partition coefficient (Wildman–Crippen LogP) is 13.2. The van der Waals surface area contributed by atoms with Gasteiger partial charge in [-0.25, -0.2) is 18.7 Å². The van der Waals surface area contributed by atoms with Crippen LogP contribution in [0.15, 0.2) is 115 Å². The normalized spacial score (nSPS) is 11.6. The lowest BCUT2D eigenvalue weighted by molar-refractivity contribution is -0.139. The third-order valence-electron chi connectivity index (χ3n) is 11.4. The number of aromatic hydroxyl groups is 2. The topological polar surface area (TPSA) is 183 Å². The van der Waals surface area contributed by atoms with Gasteiger partial charge in [0.05, 0.1) is 21.2 Å². The number of amides is 4. The molecule has 0 saturated carbocycles. The summed E-state index contributed by atoms with van der Waals surface area (Å²) in [6.07, 6.45) is -10.4. The minimum Gasteiger partial charge on any atom is -0.505 e. The molecule has 4 amide bonds. The van der Waals surface area contributed by atoms with Gasteiger partial charge in [0.15, 0.2) is 28.7 Å². The van der Waals surface area contributed by atoms with Gasteiger partial charge in [-0.15, -0.1) is 0 Å². The zero-order valence-corrected chi connectivity index (χ0v) is 41.8. The molecular weight excluding hydrogens is 1090 g/mol. The molecule has 0 aliphatic heterocycles. The van der Waals surface area contributed by atoms with E-state index in [4.69, 9.17) is 23.2 Å². The van der Waals surface area contributed by atoms with Crippen LogP contribution in [0.4, 0.5) is 45.1 Å². The summed E-state index contributed by atoms with van der Waals surface area (Å²) in [7, 11) is 0. The van der Waals surface area contributed by atoms with E-state index in [0.717, 1.165) is 65.4 Å². The minimum atomic E-state index is -5.04. The fraction of sp³-hybridized carbons (Fsp3) is 0.115. The molecule has 8 rings (SSSR count). The molecule has 0 spiro atoms. The Balaban J connectivity index is 1.03.